The zero-order valence-electron chi connectivity index (χ0n) is 16.9. The van der Waals surface area contributed by atoms with Crippen LogP contribution >= 0.6 is 11.5 Å². The third-order valence-electron chi connectivity index (χ3n) is 5.04. The molecule has 31 heavy (non-hydrogen) atoms. The standard InChI is InChI=1S/C22H18N6O2S/c1-13-21(31-27-24-13)20-16(22(29)26-25-20)10-14-11-28(2)17-7-5-8-18(19(14)17)30-12-15-6-3-4-9-23-15/h3-11H,12H2,1-2H3,(H,26,29)/b16-10-. The first-order valence-electron chi connectivity index (χ1n) is 9.62. The lowest BCUT2D eigenvalue weighted by atomic mass is 10.0. The molecule has 154 valence electrons. The van der Waals surface area contributed by atoms with Gasteiger partial charge in [0, 0.05) is 30.4 Å². The maximum absolute atomic E-state index is 12.6. The lowest BCUT2D eigenvalue weighted by molar-refractivity contribution is -0.116. The van der Waals surface area contributed by atoms with Gasteiger partial charge in [-0.2, -0.15) is 5.10 Å². The van der Waals surface area contributed by atoms with Crippen LogP contribution in [0.1, 0.15) is 21.8 Å². The van der Waals surface area contributed by atoms with E-state index in [1.165, 1.54) is 11.5 Å². The molecule has 5 rings (SSSR count). The summed E-state index contributed by atoms with van der Waals surface area (Å²) < 4.78 is 12.1. The fourth-order valence-electron chi connectivity index (χ4n) is 3.56. The summed E-state index contributed by atoms with van der Waals surface area (Å²) in [5.74, 6) is 0.467. The van der Waals surface area contributed by atoms with Gasteiger partial charge in [-0.25, -0.2) is 5.43 Å². The van der Waals surface area contributed by atoms with E-state index in [2.05, 4.69) is 25.1 Å². The molecular formula is C22H18N6O2S. The summed E-state index contributed by atoms with van der Waals surface area (Å²) in [4.78, 5) is 17.7. The number of aromatic nitrogens is 4. The van der Waals surface area contributed by atoms with Gasteiger partial charge in [0.25, 0.3) is 5.91 Å². The normalized spacial score (nSPS) is 14.8. The summed E-state index contributed by atoms with van der Waals surface area (Å²) in [6.45, 7) is 2.20. The number of pyridine rings is 1. The predicted octanol–water partition coefficient (Wildman–Crippen LogP) is 3.23. The van der Waals surface area contributed by atoms with E-state index >= 15 is 0 Å². The smallest absolute Gasteiger partial charge is 0.273 e. The molecule has 1 aliphatic rings. The van der Waals surface area contributed by atoms with Gasteiger partial charge in [-0.1, -0.05) is 16.6 Å². The van der Waals surface area contributed by atoms with Gasteiger partial charge in [-0.15, -0.1) is 5.10 Å². The molecular weight excluding hydrogens is 412 g/mol. The number of hydrazone groups is 1. The molecule has 0 aliphatic carbocycles. The van der Waals surface area contributed by atoms with Crippen molar-refractivity contribution in [2.24, 2.45) is 12.1 Å². The van der Waals surface area contributed by atoms with Crippen molar-refractivity contribution < 1.29 is 9.53 Å². The first-order chi connectivity index (χ1) is 15.1. The first kappa shape index (κ1) is 19.1. The Morgan fingerprint density at radius 3 is 2.90 bits per heavy atom. The molecule has 0 fully saturated rings. The molecule has 4 aromatic rings. The highest BCUT2D eigenvalue weighted by Gasteiger charge is 2.27. The molecule has 1 aliphatic heterocycles. The molecule has 1 aromatic carbocycles. The van der Waals surface area contributed by atoms with Crippen LogP contribution in [0.4, 0.5) is 0 Å². The van der Waals surface area contributed by atoms with E-state index in [1.807, 2.05) is 67.2 Å². The lowest BCUT2D eigenvalue weighted by Crippen LogP contribution is -2.13. The van der Waals surface area contributed by atoms with Gasteiger partial charge in [0.05, 0.1) is 27.4 Å². The monoisotopic (exact) mass is 430 g/mol. The number of nitrogens with zero attached hydrogens (tertiary/aromatic N) is 5. The van der Waals surface area contributed by atoms with Gasteiger partial charge < -0.3 is 9.30 Å². The SMILES string of the molecule is Cc1nnsc1C1=NNC(=O)/C1=C\c1cn(C)c2cccc(OCc3ccccn3)c12. The Labute approximate surface area is 182 Å². The highest BCUT2D eigenvalue weighted by molar-refractivity contribution is 7.08. The molecule has 8 nitrogen and oxygen atoms in total. The van der Waals surface area contributed by atoms with Crippen LogP contribution in [0.3, 0.4) is 0 Å². The highest BCUT2D eigenvalue weighted by atomic mass is 32.1. The molecule has 0 atom stereocenters. The van der Waals surface area contributed by atoms with Crippen LogP contribution in [0, 0.1) is 6.92 Å². The minimum atomic E-state index is -0.258. The lowest BCUT2D eigenvalue weighted by Gasteiger charge is -2.08. The fraction of sp³-hybridized carbons (Fsp3) is 0.136. The third kappa shape index (κ3) is 3.49. The molecule has 4 heterocycles. The molecule has 9 heteroatoms. The average molecular weight is 430 g/mol. The van der Waals surface area contributed by atoms with Crippen molar-refractivity contribution in [3.63, 3.8) is 0 Å². The van der Waals surface area contributed by atoms with Gasteiger partial charge in [0.2, 0.25) is 0 Å². The van der Waals surface area contributed by atoms with Gasteiger partial charge in [-0.05, 0) is 48.8 Å². The van der Waals surface area contributed by atoms with Crippen LogP contribution in [0.2, 0.25) is 0 Å². The molecule has 1 amide bonds. The summed E-state index contributed by atoms with van der Waals surface area (Å²) >= 11 is 1.22. The third-order valence-corrected chi connectivity index (χ3v) is 5.88. The van der Waals surface area contributed by atoms with Crippen molar-refractivity contribution in [2.75, 3.05) is 0 Å². The number of aryl methyl sites for hydroxylation is 2. The molecule has 3 aromatic heterocycles. The molecule has 0 radical (unpaired) electrons. The van der Waals surface area contributed by atoms with Crippen molar-refractivity contribution >= 4 is 40.1 Å². The Kier molecular flexibility index (Phi) is 4.79. The molecule has 1 N–H and O–H groups in total. The number of hydrogen-bond donors (Lipinski definition) is 1. The maximum atomic E-state index is 12.6. The van der Waals surface area contributed by atoms with Crippen LogP contribution in [0.5, 0.6) is 5.75 Å². The Morgan fingerprint density at radius 1 is 1.23 bits per heavy atom. The van der Waals surface area contributed by atoms with E-state index < -0.39 is 0 Å². The van der Waals surface area contributed by atoms with Crippen molar-refractivity contribution in [1.29, 1.82) is 0 Å². The van der Waals surface area contributed by atoms with Crippen molar-refractivity contribution in [3.05, 3.63) is 76.2 Å². The number of fused-ring (bicyclic) bond motifs is 1. The van der Waals surface area contributed by atoms with Crippen LogP contribution in [-0.2, 0) is 18.4 Å². The van der Waals surface area contributed by atoms with E-state index in [9.17, 15) is 4.79 Å². The zero-order chi connectivity index (χ0) is 21.4. The Hall–Kier alpha value is -3.85. The van der Waals surface area contributed by atoms with Crippen molar-refractivity contribution in [1.82, 2.24) is 24.6 Å². The summed E-state index contributed by atoms with van der Waals surface area (Å²) in [5.41, 5.74) is 7.03. The van der Waals surface area contributed by atoms with Gasteiger partial charge in [-0.3, -0.25) is 9.78 Å². The second-order valence-corrected chi connectivity index (χ2v) is 7.86. The largest absolute Gasteiger partial charge is 0.487 e. The number of rotatable bonds is 5. The van der Waals surface area contributed by atoms with E-state index in [1.54, 1.807) is 6.20 Å². The summed E-state index contributed by atoms with van der Waals surface area (Å²) in [7, 11) is 1.97. The predicted molar refractivity (Wildman–Crippen MR) is 119 cm³/mol. The van der Waals surface area contributed by atoms with Crippen molar-refractivity contribution in [2.45, 2.75) is 13.5 Å². The number of hydrogen-bond acceptors (Lipinski definition) is 7. The molecule has 0 unspecified atom stereocenters. The number of benzene rings is 1. The van der Waals surface area contributed by atoms with Gasteiger partial charge >= 0.3 is 0 Å². The van der Waals surface area contributed by atoms with Crippen LogP contribution in [-0.4, -0.2) is 30.8 Å². The number of ether oxygens (including phenoxy) is 1. The van der Waals surface area contributed by atoms with Gasteiger partial charge in [0.1, 0.15) is 18.1 Å². The summed E-state index contributed by atoms with van der Waals surface area (Å²) in [6, 6.07) is 11.6. The Morgan fingerprint density at radius 2 is 2.13 bits per heavy atom. The summed E-state index contributed by atoms with van der Waals surface area (Å²) in [6.07, 6.45) is 5.57. The number of nitrogens with one attached hydrogen (secondary N) is 1. The van der Waals surface area contributed by atoms with Crippen LogP contribution in [0.15, 0.2) is 59.5 Å². The number of amides is 1. The van der Waals surface area contributed by atoms with Crippen LogP contribution in [0.25, 0.3) is 17.0 Å². The maximum Gasteiger partial charge on any atom is 0.273 e. The molecule has 0 saturated carbocycles. The minimum Gasteiger partial charge on any atom is -0.487 e. The first-order valence-corrected chi connectivity index (χ1v) is 10.4. The Balaban J connectivity index is 1.58. The molecule has 0 spiro atoms. The Bertz CT molecular complexity index is 1350. The van der Waals surface area contributed by atoms with Gasteiger partial charge in [0.15, 0.2) is 0 Å². The van der Waals surface area contributed by atoms with E-state index in [0.717, 1.165) is 38.5 Å². The second-order valence-electron chi connectivity index (χ2n) is 7.10. The van der Waals surface area contributed by atoms with E-state index in [0.29, 0.717) is 17.9 Å². The minimum absolute atomic E-state index is 0.258. The fourth-order valence-corrected chi connectivity index (χ4v) is 4.22. The number of carbonyl (C=O) groups excluding carboxylic acids is 1. The zero-order valence-corrected chi connectivity index (χ0v) is 17.7. The quantitative estimate of drug-likeness (QED) is 0.491. The second kappa shape index (κ2) is 7.77. The van der Waals surface area contributed by atoms with E-state index in [-0.39, 0.29) is 5.91 Å². The van der Waals surface area contributed by atoms with E-state index in [4.69, 9.17) is 4.74 Å². The highest BCUT2D eigenvalue weighted by Crippen LogP contribution is 2.33. The average Bonchev–Trinajstić information content (AvgIpc) is 3.46. The molecule has 0 saturated heterocycles. The number of carbonyl (C=O) groups is 1. The summed E-state index contributed by atoms with van der Waals surface area (Å²) in [5, 5.41) is 9.18. The van der Waals surface area contributed by atoms with Crippen LogP contribution < -0.4 is 10.2 Å². The molecule has 0 bridgehead atoms. The topological polar surface area (TPSA) is 94.3 Å². The van der Waals surface area contributed by atoms with Crippen molar-refractivity contribution in [3.8, 4) is 5.75 Å².